The van der Waals surface area contributed by atoms with Crippen LogP contribution in [0.4, 0.5) is 5.82 Å². The average Bonchev–Trinajstić information content (AvgIpc) is 3.03. The van der Waals surface area contributed by atoms with Crippen molar-refractivity contribution in [2.24, 2.45) is 0 Å². The number of ether oxygens (including phenoxy) is 1. The molecule has 4 N–H and O–H groups in total. The number of aromatic nitrogens is 4. The molecule has 0 aromatic carbocycles. The summed E-state index contributed by atoms with van der Waals surface area (Å²) in [5, 5.41) is 31.3. The van der Waals surface area contributed by atoms with E-state index < -0.39 is 31.1 Å². The fourth-order valence-electron chi connectivity index (χ4n) is 2.31. The number of hydrogen-bond acceptors (Lipinski definition) is 8. The van der Waals surface area contributed by atoms with Gasteiger partial charge >= 0.3 is 0 Å². The minimum atomic E-state index is -1.24. The zero-order valence-corrected chi connectivity index (χ0v) is 10.7. The summed E-state index contributed by atoms with van der Waals surface area (Å²) in [5.74, 6) is 0.223. The van der Waals surface area contributed by atoms with E-state index in [1.807, 2.05) is 0 Å². The second kappa shape index (κ2) is 5.33. The van der Waals surface area contributed by atoms with Crippen molar-refractivity contribution in [2.75, 3.05) is 11.9 Å². The molecule has 4 atom stereocenters. The van der Waals surface area contributed by atoms with Gasteiger partial charge in [0.15, 0.2) is 23.2 Å². The van der Waals surface area contributed by atoms with E-state index in [4.69, 9.17) is 9.84 Å². The summed E-state index contributed by atoms with van der Waals surface area (Å²) in [4.78, 5) is 22.5. The molecule has 1 fully saturated rings. The Morgan fingerprint density at radius 1 is 1.33 bits per heavy atom. The molecule has 10 nitrogen and oxygen atoms in total. The Kier molecular flexibility index (Phi) is 3.51. The molecular weight excluding hydrogens is 282 g/mol. The molecular formula is C11H13N5O5. The van der Waals surface area contributed by atoms with Gasteiger partial charge in [0, 0.05) is 0 Å². The molecule has 112 valence electrons. The maximum atomic E-state index is 10.5. The molecule has 3 rings (SSSR count). The monoisotopic (exact) mass is 295 g/mol. The van der Waals surface area contributed by atoms with Crippen LogP contribution in [0.5, 0.6) is 0 Å². The van der Waals surface area contributed by atoms with Gasteiger partial charge in [-0.05, 0) is 0 Å². The van der Waals surface area contributed by atoms with Gasteiger partial charge in [0.1, 0.15) is 24.6 Å². The predicted octanol–water partition coefficient (Wildman–Crippen LogP) is -1.99. The van der Waals surface area contributed by atoms with E-state index in [-0.39, 0.29) is 5.82 Å². The van der Waals surface area contributed by atoms with Gasteiger partial charge < -0.3 is 25.4 Å². The molecule has 1 amide bonds. The quantitative estimate of drug-likeness (QED) is 0.475. The highest BCUT2D eigenvalue weighted by molar-refractivity contribution is 5.88. The van der Waals surface area contributed by atoms with Crippen LogP contribution in [-0.4, -0.2) is 66.2 Å². The lowest BCUT2D eigenvalue weighted by Gasteiger charge is -2.16. The van der Waals surface area contributed by atoms with Crippen molar-refractivity contribution in [2.45, 2.75) is 24.5 Å². The molecule has 0 unspecified atom stereocenters. The van der Waals surface area contributed by atoms with Gasteiger partial charge in [-0.2, -0.15) is 0 Å². The topological polar surface area (TPSA) is 143 Å². The first-order chi connectivity index (χ1) is 10.2. The number of carbonyl (C=O) groups is 1. The van der Waals surface area contributed by atoms with Crippen LogP contribution in [0.15, 0.2) is 12.7 Å². The third-order valence-corrected chi connectivity index (χ3v) is 3.35. The van der Waals surface area contributed by atoms with Crippen LogP contribution in [0, 0.1) is 0 Å². The van der Waals surface area contributed by atoms with Crippen LogP contribution in [0.25, 0.3) is 11.2 Å². The van der Waals surface area contributed by atoms with Crippen molar-refractivity contribution in [1.29, 1.82) is 0 Å². The summed E-state index contributed by atoms with van der Waals surface area (Å²) in [7, 11) is 0. The largest absolute Gasteiger partial charge is 0.394 e. The molecule has 1 aliphatic rings. The van der Waals surface area contributed by atoms with Crippen molar-refractivity contribution in [1.82, 2.24) is 19.5 Å². The number of anilines is 1. The van der Waals surface area contributed by atoms with Crippen LogP contribution in [0.3, 0.4) is 0 Å². The van der Waals surface area contributed by atoms with Crippen molar-refractivity contribution in [3.8, 4) is 0 Å². The van der Waals surface area contributed by atoms with Crippen LogP contribution in [-0.2, 0) is 9.53 Å². The van der Waals surface area contributed by atoms with Gasteiger partial charge in [0.05, 0.1) is 12.9 Å². The number of aliphatic hydroxyl groups excluding tert-OH is 3. The van der Waals surface area contributed by atoms with Crippen molar-refractivity contribution in [3.05, 3.63) is 12.7 Å². The van der Waals surface area contributed by atoms with Gasteiger partial charge in [0.2, 0.25) is 6.41 Å². The lowest BCUT2D eigenvalue weighted by Crippen LogP contribution is -2.33. The Morgan fingerprint density at radius 3 is 2.81 bits per heavy atom. The number of hydrogen-bond donors (Lipinski definition) is 4. The fourth-order valence-corrected chi connectivity index (χ4v) is 2.31. The van der Waals surface area contributed by atoms with E-state index in [2.05, 4.69) is 20.3 Å². The van der Waals surface area contributed by atoms with E-state index in [0.717, 1.165) is 0 Å². The Labute approximate surface area is 118 Å². The molecule has 21 heavy (non-hydrogen) atoms. The SMILES string of the molecule is O=CNc1ncnc2c1ncn2[C@@H]1O[C@H](CO)[C@@H](O)[C@H]1O. The highest BCUT2D eigenvalue weighted by Crippen LogP contribution is 2.31. The molecule has 2 aromatic rings. The predicted molar refractivity (Wildman–Crippen MR) is 68.0 cm³/mol. The fraction of sp³-hybridized carbons (Fsp3) is 0.455. The van der Waals surface area contributed by atoms with Crippen LogP contribution in [0.2, 0.25) is 0 Å². The molecule has 10 heteroatoms. The normalized spacial score (nSPS) is 28.9. The molecule has 2 aromatic heterocycles. The summed E-state index contributed by atoms with van der Waals surface area (Å²) in [6.07, 6.45) is -1.24. The molecule has 0 saturated carbocycles. The first-order valence-corrected chi connectivity index (χ1v) is 6.17. The summed E-state index contributed by atoms with van der Waals surface area (Å²) < 4.78 is 6.82. The highest BCUT2D eigenvalue weighted by atomic mass is 16.6. The zero-order chi connectivity index (χ0) is 15.0. The maximum Gasteiger partial charge on any atom is 0.212 e. The average molecular weight is 295 g/mol. The lowest BCUT2D eigenvalue weighted by molar-refractivity contribution is -0.105. The molecule has 0 bridgehead atoms. The Balaban J connectivity index is 2.02. The first kappa shape index (κ1) is 13.8. The van der Waals surface area contributed by atoms with Gasteiger partial charge in [-0.25, -0.2) is 15.0 Å². The molecule has 0 aliphatic carbocycles. The minimum absolute atomic E-state index is 0.223. The molecule has 3 heterocycles. The Morgan fingerprint density at radius 2 is 2.14 bits per heavy atom. The van der Waals surface area contributed by atoms with Gasteiger partial charge in [-0.1, -0.05) is 0 Å². The number of nitrogens with zero attached hydrogens (tertiary/aromatic N) is 4. The number of carbonyl (C=O) groups excluding carboxylic acids is 1. The first-order valence-electron chi connectivity index (χ1n) is 6.17. The number of aliphatic hydroxyl groups is 3. The van der Waals surface area contributed by atoms with Crippen LogP contribution >= 0.6 is 0 Å². The molecule has 1 aliphatic heterocycles. The number of nitrogens with one attached hydrogen (secondary N) is 1. The third-order valence-electron chi connectivity index (χ3n) is 3.35. The van der Waals surface area contributed by atoms with E-state index >= 15 is 0 Å². The van der Waals surface area contributed by atoms with Gasteiger partial charge in [-0.3, -0.25) is 9.36 Å². The number of rotatable bonds is 4. The van der Waals surface area contributed by atoms with Crippen molar-refractivity contribution >= 4 is 23.4 Å². The summed E-state index contributed by atoms with van der Waals surface area (Å²) in [6, 6.07) is 0. The van der Waals surface area contributed by atoms with Gasteiger partial charge in [-0.15, -0.1) is 0 Å². The number of fused-ring (bicyclic) bond motifs is 1. The second-order valence-electron chi connectivity index (χ2n) is 4.54. The molecule has 0 spiro atoms. The smallest absolute Gasteiger partial charge is 0.212 e. The van der Waals surface area contributed by atoms with E-state index in [1.54, 1.807) is 0 Å². The lowest BCUT2D eigenvalue weighted by atomic mass is 10.1. The van der Waals surface area contributed by atoms with E-state index in [0.29, 0.717) is 17.6 Å². The Hall–Kier alpha value is -2.14. The van der Waals surface area contributed by atoms with Crippen LogP contribution < -0.4 is 5.32 Å². The highest BCUT2D eigenvalue weighted by Gasteiger charge is 2.43. The third kappa shape index (κ3) is 2.14. The standard InChI is InChI=1S/C11H13N5O5/c17-1-5-7(19)8(20)11(21-5)16-3-14-6-9(15-4-18)12-2-13-10(6)16/h2-5,7-8,11,17,19-20H,1H2,(H,12,13,15,18)/t5-,7-,8-,11-/m1/s1. The zero-order valence-electron chi connectivity index (χ0n) is 10.7. The van der Waals surface area contributed by atoms with Crippen molar-refractivity contribution in [3.63, 3.8) is 0 Å². The molecule has 0 radical (unpaired) electrons. The minimum Gasteiger partial charge on any atom is -0.394 e. The van der Waals surface area contributed by atoms with Crippen molar-refractivity contribution < 1.29 is 24.9 Å². The molecule has 1 saturated heterocycles. The number of imidazole rings is 1. The summed E-state index contributed by atoms with van der Waals surface area (Å²) in [5.41, 5.74) is 0.645. The Bertz CT molecular complexity index is 661. The summed E-state index contributed by atoms with van der Waals surface area (Å²) in [6.45, 7) is -0.422. The number of amides is 1. The van der Waals surface area contributed by atoms with Crippen LogP contribution in [0.1, 0.15) is 6.23 Å². The van der Waals surface area contributed by atoms with Gasteiger partial charge in [0.25, 0.3) is 0 Å². The maximum absolute atomic E-state index is 10.5. The van der Waals surface area contributed by atoms with E-state index in [9.17, 15) is 15.0 Å². The second-order valence-corrected chi connectivity index (χ2v) is 4.54. The summed E-state index contributed by atoms with van der Waals surface area (Å²) >= 11 is 0. The van der Waals surface area contributed by atoms with E-state index in [1.165, 1.54) is 17.2 Å².